The molecule has 0 fully saturated rings. The first-order valence-corrected chi connectivity index (χ1v) is 10.7. The fourth-order valence-corrected chi connectivity index (χ4v) is 5.03. The average Bonchev–Trinajstić information content (AvgIpc) is 3.43. The standard InChI is InChI=1S/C24H14O3S2/c25-20(10-8-16-9-12-23(29-16)22-6-3-13-28-22)19-14-18-17-5-2-1-4-15(17)7-11-21(18)27-24(19)26/h1-14H/b10-8+. The van der Waals surface area contributed by atoms with Crippen LogP contribution in [0.1, 0.15) is 15.2 Å². The molecule has 5 aromatic rings. The van der Waals surface area contributed by atoms with Crippen molar-refractivity contribution < 1.29 is 9.21 Å². The third-order valence-corrected chi connectivity index (χ3v) is 6.81. The summed E-state index contributed by atoms with van der Waals surface area (Å²) in [4.78, 5) is 28.4. The molecule has 3 heterocycles. The van der Waals surface area contributed by atoms with Gasteiger partial charge in [0.05, 0.1) is 0 Å². The van der Waals surface area contributed by atoms with Crippen LogP contribution in [-0.4, -0.2) is 5.78 Å². The second-order valence-corrected chi connectivity index (χ2v) is 8.59. The van der Waals surface area contributed by atoms with Crippen molar-refractivity contribution in [2.75, 3.05) is 0 Å². The Kier molecular flexibility index (Phi) is 4.46. The lowest BCUT2D eigenvalue weighted by Crippen LogP contribution is -2.12. The van der Waals surface area contributed by atoms with Gasteiger partial charge in [-0.05, 0) is 58.6 Å². The Morgan fingerprint density at radius 2 is 1.79 bits per heavy atom. The number of carbonyl (C=O) groups excluding carboxylic acids is 1. The van der Waals surface area contributed by atoms with Gasteiger partial charge in [0.15, 0.2) is 5.78 Å². The van der Waals surface area contributed by atoms with Gasteiger partial charge in [0.2, 0.25) is 0 Å². The van der Waals surface area contributed by atoms with E-state index in [-0.39, 0.29) is 11.3 Å². The van der Waals surface area contributed by atoms with E-state index in [0.717, 1.165) is 25.9 Å². The van der Waals surface area contributed by atoms with Crippen molar-refractivity contribution in [3.63, 3.8) is 0 Å². The maximum absolute atomic E-state index is 12.7. The fourth-order valence-electron chi connectivity index (χ4n) is 3.28. The zero-order valence-electron chi connectivity index (χ0n) is 15.1. The summed E-state index contributed by atoms with van der Waals surface area (Å²) >= 11 is 3.29. The Bertz CT molecular complexity index is 1440. The van der Waals surface area contributed by atoms with Gasteiger partial charge in [-0.25, -0.2) is 4.79 Å². The molecule has 0 amide bonds. The molecular formula is C24H14O3S2. The lowest BCUT2D eigenvalue weighted by atomic mass is 10.0. The van der Waals surface area contributed by atoms with E-state index in [9.17, 15) is 9.59 Å². The zero-order chi connectivity index (χ0) is 19.8. The van der Waals surface area contributed by atoms with Crippen LogP contribution in [0.3, 0.4) is 0 Å². The number of hydrogen-bond donors (Lipinski definition) is 0. The van der Waals surface area contributed by atoms with Crippen molar-refractivity contribution in [3.8, 4) is 9.75 Å². The van der Waals surface area contributed by atoms with Gasteiger partial charge in [-0.15, -0.1) is 22.7 Å². The molecule has 29 heavy (non-hydrogen) atoms. The van der Waals surface area contributed by atoms with Gasteiger partial charge in [-0.2, -0.15) is 0 Å². The lowest BCUT2D eigenvalue weighted by molar-refractivity contribution is 0.104. The second kappa shape index (κ2) is 7.28. The predicted octanol–water partition coefficient (Wildman–Crippen LogP) is 6.63. The molecule has 0 radical (unpaired) electrons. The number of allylic oxidation sites excluding steroid dienone is 1. The highest BCUT2D eigenvalue weighted by molar-refractivity contribution is 7.21. The number of thiophene rings is 2. The van der Waals surface area contributed by atoms with Crippen LogP contribution >= 0.6 is 22.7 Å². The highest BCUT2D eigenvalue weighted by Crippen LogP contribution is 2.32. The van der Waals surface area contributed by atoms with Gasteiger partial charge in [0, 0.05) is 20.0 Å². The van der Waals surface area contributed by atoms with E-state index in [1.54, 1.807) is 40.9 Å². The van der Waals surface area contributed by atoms with Crippen molar-refractivity contribution in [3.05, 3.63) is 99.0 Å². The molecule has 5 rings (SSSR count). The number of benzene rings is 2. The highest BCUT2D eigenvalue weighted by atomic mass is 32.1. The minimum absolute atomic E-state index is 0.0418. The molecule has 0 saturated heterocycles. The van der Waals surface area contributed by atoms with Crippen LogP contribution in [0.5, 0.6) is 0 Å². The molecule has 0 unspecified atom stereocenters. The summed E-state index contributed by atoms with van der Waals surface area (Å²) in [5, 5.41) is 4.78. The number of carbonyl (C=O) groups is 1. The van der Waals surface area contributed by atoms with Crippen molar-refractivity contribution in [1.82, 2.24) is 0 Å². The summed E-state index contributed by atoms with van der Waals surface area (Å²) < 4.78 is 5.42. The number of ketones is 1. The van der Waals surface area contributed by atoms with Gasteiger partial charge >= 0.3 is 5.63 Å². The van der Waals surface area contributed by atoms with Gasteiger partial charge < -0.3 is 4.42 Å². The molecule has 0 N–H and O–H groups in total. The van der Waals surface area contributed by atoms with E-state index in [4.69, 9.17) is 4.42 Å². The molecule has 5 heteroatoms. The Labute approximate surface area is 174 Å². The Hall–Kier alpha value is -3.28. The topological polar surface area (TPSA) is 47.3 Å². The monoisotopic (exact) mass is 414 g/mol. The summed E-state index contributed by atoms with van der Waals surface area (Å²) in [5.41, 5.74) is -0.0962. The molecule has 0 aliphatic carbocycles. The van der Waals surface area contributed by atoms with Crippen LogP contribution in [0, 0.1) is 0 Å². The van der Waals surface area contributed by atoms with Crippen molar-refractivity contribution in [2.45, 2.75) is 0 Å². The predicted molar refractivity (Wildman–Crippen MR) is 121 cm³/mol. The van der Waals surface area contributed by atoms with Gasteiger partial charge in [-0.1, -0.05) is 36.4 Å². The van der Waals surface area contributed by atoms with Crippen molar-refractivity contribution >= 4 is 56.3 Å². The van der Waals surface area contributed by atoms with E-state index < -0.39 is 5.63 Å². The molecular weight excluding hydrogens is 400 g/mol. The summed E-state index contributed by atoms with van der Waals surface area (Å²) in [7, 11) is 0. The summed E-state index contributed by atoms with van der Waals surface area (Å²) in [6.45, 7) is 0. The largest absolute Gasteiger partial charge is 0.422 e. The Morgan fingerprint density at radius 1 is 0.897 bits per heavy atom. The fraction of sp³-hybridized carbons (Fsp3) is 0. The minimum Gasteiger partial charge on any atom is -0.422 e. The first-order valence-electron chi connectivity index (χ1n) is 9.01. The summed E-state index contributed by atoms with van der Waals surface area (Å²) in [5.74, 6) is -0.361. The Morgan fingerprint density at radius 3 is 2.66 bits per heavy atom. The average molecular weight is 415 g/mol. The molecule has 0 aliphatic heterocycles. The maximum Gasteiger partial charge on any atom is 0.347 e. The normalized spacial score (nSPS) is 11.6. The molecule has 3 aromatic heterocycles. The van der Waals surface area contributed by atoms with E-state index in [1.807, 2.05) is 53.9 Å². The molecule has 0 atom stereocenters. The number of rotatable bonds is 4. The van der Waals surface area contributed by atoms with Gasteiger partial charge in [0.25, 0.3) is 0 Å². The minimum atomic E-state index is -0.618. The summed E-state index contributed by atoms with van der Waals surface area (Å²) in [6.07, 6.45) is 3.18. The summed E-state index contributed by atoms with van der Waals surface area (Å²) in [6, 6.07) is 21.2. The molecule has 0 aliphatic rings. The number of fused-ring (bicyclic) bond motifs is 3. The molecule has 0 bridgehead atoms. The number of hydrogen-bond acceptors (Lipinski definition) is 5. The van der Waals surface area contributed by atoms with E-state index in [0.29, 0.717) is 5.58 Å². The lowest BCUT2D eigenvalue weighted by Gasteiger charge is -2.04. The van der Waals surface area contributed by atoms with E-state index in [2.05, 4.69) is 6.07 Å². The first-order chi connectivity index (χ1) is 14.2. The van der Waals surface area contributed by atoms with Gasteiger partial charge in [-0.3, -0.25) is 4.79 Å². The zero-order valence-corrected chi connectivity index (χ0v) is 16.8. The van der Waals surface area contributed by atoms with E-state index >= 15 is 0 Å². The molecule has 2 aromatic carbocycles. The molecule has 140 valence electrons. The second-order valence-electron chi connectivity index (χ2n) is 6.52. The van der Waals surface area contributed by atoms with Crippen LogP contribution in [0.25, 0.3) is 37.6 Å². The van der Waals surface area contributed by atoms with Crippen LogP contribution in [-0.2, 0) is 0 Å². The maximum atomic E-state index is 12.7. The third-order valence-electron chi connectivity index (χ3n) is 4.70. The first kappa shape index (κ1) is 17.8. The quantitative estimate of drug-likeness (QED) is 0.143. The van der Waals surface area contributed by atoms with E-state index in [1.165, 1.54) is 11.0 Å². The van der Waals surface area contributed by atoms with Gasteiger partial charge in [0.1, 0.15) is 11.1 Å². The smallest absolute Gasteiger partial charge is 0.347 e. The van der Waals surface area contributed by atoms with Crippen LogP contribution in [0.2, 0.25) is 0 Å². The third kappa shape index (κ3) is 3.35. The molecule has 3 nitrogen and oxygen atoms in total. The van der Waals surface area contributed by atoms with Crippen molar-refractivity contribution in [2.24, 2.45) is 0 Å². The Balaban J connectivity index is 1.50. The highest BCUT2D eigenvalue weighted by Gasteiger charge is 2.13. The van der Waals surface area contributed by atoms with Crippen molar-refractivity contribution in [1.29, 1.82) is 0 Å². The molecule has 0 saturated carbocycles. The van der Waals surface area contributed by atoms with Crippen LogP contribution in [0.4, 0.5) is 0 Å². The molecule has 0 spiro atoms. The van der Waals surface area contributed by atoms with Crippen LogP contribution < -0.4 is 5.63 Å². The SMILES string of the molecule is O=C(/C=C/c1ccc(-c2cccs2)s1)c1cc2c(ccc3ccccc32)oc1=O. The van der Waals surface area contributed by atoms with Crippen LogP contribution in [0.15, 0.2) is 87.4 Å².